The molecule has 2 aromatic carbocycles. The SMILES string of the molecule is C=C(C)C(=O)OCCCC(=O)OCCCCCCOC(=O)c1ccccc1C(=O)c1ccccc1. The molecule has 2 rings (SSSR count). The number of benzene rings is 2. The molecule has 7 heteroatoms. The maximum atomic E-state index is 12.8. The van der Waals surface area contributed by atoms with Crippen LogP contribution in [0.5, 0.6) is 0 Å². The van der Waals surface area contributed by atoms with Gasteiger partial charge in [-0.1, -0.05) is 55.1 Å². The van der Waals surface area contributed by atoms with Gasteiger partial charge in [-0.3, -0.25) is 9.59 Å². The molecule has 0 radical (unpaired) electrons. The first-order chi connectivity index (χ1) is 16.9. The Kier molecular flexibility index (Phi) is 12.0. The number of hydrogen-bond donors (Lipinski definition) is 0. The highest BCUT2D eigenvalue weighted by Crippen LogP contribution is 2.16. The molecule has 0 fully saturated rings. The normalized spacial score (nSPS) is 10.3. The zero-order valence-electron chi connectivity index (χ0n) is 20.1. The molecule has 35 heavy (non-hydrogen) atoms. The van der Waals surface area contributed by atoms with Crippen LogP contribution in [0.2, 0.25) is 0 Å². The first kappa shape index (κ1) is 27.5. The van der Waals surface area contributed by atoms with Crippen molar-refractivity contribution in [2.45, 2.75) is 45.4 Å². The van der Waals surface area contributed by atoms with Crippen LogP contribution in [0.15, 0.2) is 66.7 Å². The Morgan fingerprint density at radius 1 is 0.686 bits per heavy atom. The van der Waals surface area contributed by atoms with Crippen LogP contribution in [0.25, 0.3) is 0 Å². The summed E-state index contributed by atoms with van der Waals surface area (Å²) in [5.74, 6) is -1.53. The number of unbranched alkanes of at least 4 members (excludes halogenated alkanes) is 3. The van der Waals surface area contributed by atoms with Crippen molar-refractivity contribution in [1.82, 2.24) is 0 Å². The third-order valence-corrected chi connectivity index (χ3v) is 5.07. The lowest BCUT2D eigenvalue weighted by atomic mass is 9.98. The van der Waals surface area contributed by atoms with Gasteiger partial charge in [0.2, 0.25) is 0 Å². The average molecular weight is 481 g/mol. The van der Waals surface area contributed by atoms with Crippen molar-refractivity contribution < 1.29 is 33.4 Å². The van der Waals surface area contributed by atoms with Crippen LogP contribution in [0.1, 0.15) is 71.7 Å². The van der Waals surface area contributed by atoms with E-state index < -0.39 is 11.9 Å². The molecule has 0 atom stereocenters. The number of rotatable bonds is 15. The summed E-state index contributed by atoms with van der Waals surface area (Å²) < 4.78 is 15.4. The Balaban J connectivity index is 1.59. The van der Waals surface area contributed by atoms with Crippen LogP contribution in [0.4, 0.5) is 0 Å². The maximum absolute atomic E-state index is 12.8. The molecule has 0 N–H and O–H groups in total. The molecule has 0 aromatic heterocycles. The number of ether oxygens (including phenoxy) is 3. The van der Waals surface area contributed by atoms with Crippen molar-refractivity contribution >= 4 is 23.7 Å². The van der Waals surface area contributed by atoms with Gasteiger partial charge in [-0.05, 0) is 45.1 Å². The van der Waals surface area contributed by atoms with Crippen molar-refractivity contribution in [1.29, 1.82) is 0 Å². The molecule has 0 heterocycles. The summed E-state index contributed by atoms with van der Waals surface area (Å²) in [5.41, 5.74) is 1.41. The molecule has 0 saturated heterocycles. The molecule has 0 amide bonds. The minimum atomic E-state index is -0.521. The predicted octanol–water partition coefficient (Wildman–Crippen LogP) is 5.08. The lowest BCUT2D eigenvalue weighted by molar-refractivity contribution is -0.146. The fourth-order valence-electron chi connectivity index (χ4n) is 3.17. The van der Waals surface area contributed by atoms with E-state index in [4.69, 9.17) is 14.2 Å². The third-order valence-electron chi connectivity index (χ3n) is 5.07. The molecule has 2 aromatic rings. The highest BCUT2D eigenvalue weighted by Gasteiger charge is 2.18. The van der Waals surface area contributed by atoms with Gasteiger partial charge in [0, 0.05) is 23.1 Å². The molecule has 7 nitrogen and oxygen atoms in total. The second-order valence-corrected chi connectivity index (χ2v) is 8.03. The molecule has 0 saturated carbocycles. The van der Waals surface area contributed by atoms with Crippen LogP contribution in [-0.4, -0.2) is 43.5 Å². The Morgan fingerprint density at radius 2 is 1.26 bits per heavy atom. The highest BCUT2D eigenvalue weighted by atomic mass is 16.5. The van der Waals surface area contributed by atoms with E-state index in [0.717, 1.165) is 12.8 Å². The van der Waals surface area contributed by atoms with Crippen molar-refractivity contribution in [2.75, 3.05) is 19.8 Å². The van der Waals surface area contributed by atoms with Gasteiger partial charge in [-0.25, -0.2) is 9.59 Å². The van der Waals surface area contributed by atoms with Crippen LogP contribution >= 0.6 is 0 Å². The van der Waals surface area contributed by atoms with E-state index in [0.29, 0.717) is 42.6 Å². The molecule has 0 aliphatic carbocycles. The van der Waals surface area contributed by atoms with Crippen LogP contribution < -0.4 is 0 Å². The lowest BCUT2D eigenvalue weighted by Crippen LogP contribution is -2.13. The summed E-state index contributed by atoms with van der Waals surface area (Å²) in [5, 5.41) is 0. The molecule has 186 valence electrons. The third kappa shape index (κ3) is 9.96. The lowest BCUT2D eigenvalue weighted by Gasteiger charge is -2.09. The first-order valence-electron chi connectivity index (χ1n) is 11.7. The molecule has 0 aliphatic rings. The van der Waals surface area contributed by atoms with Crippen molar-refractivity contribution in [3.05, 3.63) is 83.4 Å². The van der Waals surface area contributed by atoms with E-state index in [9.17, 15) is 19.2 Å². The van der Waals surface area contributed by atoms with Gasteiger partial charge in [0.1, 0.15) is 0 Å². The number of hydrogen-bond acceptors (Lipinski definition) is 7. The predicted molar refractivity (Wildman–Crippen MR) is 131 cm³/mol. The van der Waals surface area contributed by atoms with Gasteiger partial charge in [0.05, 0.1) is 25.4 Å². The van der Waals surface area contributed by atoms with Crippen LogP contribution in [0, 0.1) is 0 Å². The van der Waals surface area contributed by atoms with Crippen molar-refractivity contribution in [2.24, 2.45) is 0 Å². The van der Waals surface area contributed by atoms with Gasteiger partial charge in [-0.2, -0.15) is 0 Å². The largest absolute Gasteiger partial charge is 0.466 e. The number of ketones is 1. The van der Waals surface area contributed by atoms with Gasteiger partial charge in [0.15, 0.2) is 5.78 Å². The minimum Gasteiger partial charge on any atom is -0.466 e. The average Bonchev–Trinajstić information content (AvgIpc) is 2.87. The topological polar surface area (TPSA) is 96.0 Å². The highest BCUT2D eigenvalue weighted by molar-refractivity contribution is 6.14. The fraction of sp³-hybridized carbons (Fsp3) is 0.357. The van der Waals surface area contributed by atoms with Crippen molar-refractivity contribution in [3.63, 3.8) is 0 Å². The monoisotopic (exact) mass is 480 g/mol. The van der Waals surface area contributed by atoms with E-state index in [-0.39, 0.29) is 37.0 Å². The summed E-state index contributed by atoms with van der Waals surface area (Å²) in [7, 11) is 0. The quantitative estimate of drug-likeness (QED) is 0.115. The fourth-order valence-corrected chi connectivity index (χ4v) is 3.17. The van der Waals surface area contributed by atoms with Gasteiger partial charge < -0.3 is 14.2 Å². The van der Waals surface area contributed by atoms with E-state index in [1.165, 1.54) is 0 Å². The van der Waals surface area contributed by atoms with Crippen LogP contribution in [-0.2, 0) is 23.8 Å². The first-order valence-corrected chi connectivity index (χ1v) is 11.7. The second-order valence-electron chi connectivity index (χ2n) is 8.03. The Bertz CT molecular complexity index is 1010. The summed E-state index contributed by atoms with van der Waals surface area (Å²) >= 11 is 0. The maximum Gasteiger partial charge on any atom is 0.338 e. The van der Waals surface area contributed by atoms with E-state index in [1.807, 2.05) is 6.07 Å². The zero-order valence-corrected chi connectivity index (χ0v) is 20.1. The molecule has 0 aliphatic heterocycles. The Labute approximate surface area is 206 Å². The standard InChI is InChI=1S/C28H32O7/c1-21(2)27(31)34-20-12-17-25(29)33-18-10-3-4-11-19-35-28(32)24-16-9-8-15-23(24)26(30)22-13-6-5-7-14-22/h5-9,13-16H,1,3-4,10-12,17-20H2,2H3. The number of esters is 3. The minimum absolute atomic E-state index is 0.157. The Hall–Kier alpha value is -3.74. The van der Waals surface area contributed by atoms with Crippen LogP contribution in [0.3, 0.4) is 0 Å². The zero-order chi connectivity index (χ0) is 25.5. The Morgan fingerprint density at radius 3 is 1.91 bits per heavy atom. The van der Waals surface area contributed by atoms with Gasteiger partial charge in [0.25, 0.3) is 0 Å². The molecule has 0 bridgehead atoms. The number of carbonyl (C=O) groups is 4. The van der Waals surface area contributed by atoms with E-state index in [1.54, 1.807) is 55.5 Å². The smallest absolute Gasteiger partial charge is 0.338 e. The molecular weight excluding hydrogens is 448 g/mol. The molecular formula is C28H32O7. The van der Waals surface area contributed by atoms with Gasteiger partial charge in [-0.15, -0.1) is 0 Å². The van der Waals surface area contributed by atoms with Crippen molar-refractivity contribution in [3.8, 4) is 0 Å². The van der Waals surface area contributed by atoms with E-state index >= 15 is 0 Å². The molecule has 0 unspecified atom stereocenters. The van der Waals surface area contributed by atoms with E-state index in [2.05, 4.69) is 6.58 Å². The summed E-state index contributed by atoms with van der Waals surface area (Å²) in [6.07, 6.45) is 3.61. The number of carbonyl (C=O) groups excluding carboxylic acids is 4. The summed E-state index contributed by atoms with van der Waals surface area (Å²) in [4.78, 5) is 48.2. The second kappa shape index (κ2) is 15.2. The molecule has 0 spiro atoms. The van der Waals surface area contributed by atoms with Gasteiger partial charge >= 0.3 is 17.9 Å². The summed E-state index contributed by atoms with van der Waals surface area (Å²) in [6.45, 7) is 5.77. The summed E-state index contributed by atoms with van der Waals surface area (Å²) in [6, 6.07) is 15.5.